The largest absolute Gasteiger partial charge is 0.522 e. The van der Waals surface area contributed by atoms with Gasteiger partial charge in [0.1, 0.15) is 5.75 Å². The van der Waals surface area contributed by atoms with E-state index in [2.05, 4.69) is 4.74 Å². The molecular weight excluding hydrogens is 180 g/mol. The Morgan fingerprint density at radius 1 is 1.15 bits per heavy atom. The van der Waals surface area contributed by atoms with E-state index in [-0.39, 0.29) is 5.75 Å². The maximum Gasteiger partial charge on any atom is 0.515 e. The van der Waals surface area contributed by atoms with Crippen LogP contribution in [0.3, 0.4) is 0 Å². The zero-order valence-corrected chi connectivity index (χ0v) is 7.14. The number of hydrogen-bond donors (Lipinski definition) is 0. The van der Waals surface area contributed by atoms with Crippen molar-refractivity contribution >= 4 is 6.98 Å². The lowest BCUT2D eigenvalue weighted by Gasteiger charge is -2.14. The molecule has 0 aliphatic carbocycles. The minimum atomic E-state index is -4.86. The van der Waals surface area contributed by atoms with Gasteiger partial charge in [-0.25, -0.2) is 0 Å². The second-order valence-corrected chi connectivity index (χ2v) is 2.83. The van der Waals surface area contributed by atoms with Crippen LogP contribution in [-0.4, -0.2) is 13.5 Å². The van der Waals surface area contributed by atoms with Gasteiger partial charge in [-0.2, -0.15) is 0 Å². The van der Waals surface area contributed by atoms with Gasteiger partial charge in [0.25, 0.3) is 0 Å². The first-order chi connectivity index (χ1) is 5.97. The summed E-state index contributed by atoms with van der Waals surface area (Å²) in [5.41, 5.74) is 0.991. The summed E-state index contributed by atoms with van der Waals surface area (Å²) in [7, 11) is 0. The topological polar surface area (TPSA) is 9.23 Å². The van der Waals surface area contributed by atoms with E-state index < -0.39 is 13.5 Å². The smallest absolute Gasteiger partial charge is 0.515 e. The lowest BCUT2D eigenvalue weighted by atomic mass is 9.95. The van der Waals surface area contributed by atoms with Crippen LogP contribution in [0.2, 0.25) is 0 Å². The van der Waals surface area contributed by atoms with Crippen LogP contribution in [0.5, 0.6) is 5.75 Å². The molecule has 0 saturated carbocycles. The molecule has 0 bridgehead atoms. The standard InChI is InChI=1S/C8H9BF3O/c1-7-2-4-8(5-3-7)13-6-9(10,11)12/h2-5H,6H2,1H3/q-1. The van der Waals surface area contributed by atoms with Crippen LogP contribution in [0.4, 0.5) is 12.9 Å². The van der Waals surface area contributed by atoms with Gasteiger partial charge in [0.15, 0.2) is 0 Å². The third-order valence-corrected chi connectivity index (χ3v) is 1.46. The van der Waals surface area contributed by atoms with Crippen molar-refractivity contribution in [1.29, 1.82) is 0 Å². The van der Waals surface area contributed by atoms with Crippen LogP contribution in [0.15, 0.2) is 24.3 Å². The van der Waals surface area contributed by atoms with Crippen LogP contribution in [0, 0.1) is 6.92 Å². The molecule has 1 aromatic carbocycles. The second kappa shape index (κ2) is 3.72. The van der Waals surface area contributed by atoms with E-state index in [9.17, 15) is 12.9 Å². The third-order valence-electron chi connectivity index (χ3n) is 1.46. The second-order valence-electron chi connectivity index (χ2n) is 2.83. The molecule has 0 aliphatic rings. The fraction of sp³-hybridized carbons (Fsp3) is 0.250. The fourth-order valence-corrected chi connectivity index (χ4v) is 0.825. The Labute approximate surface area is 74.6 Å². The van der Waals surface area contributed by atoms with E-state index in [1.54, 1.807) is 12.1 Å². The summed E-state index contributed by atoms with van der Waals surface area (Å²) in [4.78, 5) is 0. The lowest BCUT2D eigenvalue weighted by molar-refractivity contribution is 0.313. The quantitative estimate of drug-likeness (QED) is 0.664. The molecule has 0 unspecified atom stereocenters. The van der Waals surface area contributed by atoms with Crippen LogP contribution in [0.1, 0.15) is 5.56 Å². The van der Waals surface area contributed by atoms with E-state index in [4.69, 9.17) is 0 Å². The number of benzene rings is 1. The van der Waals surface area contributed by atoms with Crippen LogP contribution in [-0.2, 0) is 0 Å². The highest BCUT2D eigenvalue weighted by Gasteiger charge is 2.23. The molecule has 0 N–H and O–H groups in total. The van der Waals surface area contributed by atoms with Crippen molar-refractivity contribution < 1.29 is 17.7 Å². The Kier molecular flexibility index (Phi) is 2.85. The van der Waals surface area contributed by atoms with Gasteiger partial charge in [0.2, 0.25) is 0 Å². The van der Waals surface area contributed by atoms with E-state index in [0.29, 0.717) is 0 Å². The van der Waals surface area contributed by atoms with Gasteiger partial charge in [-0.3, -0.25) is 0 Å². The summed E-state index contributed by atoms with van der Waals surface area (Å²) < 4.78 is 39.8. The average molecular weight is 189 g/mol. The van der Waals surface area contributed by atoms with Crippen molar-refractivity contribution in [2.45, 2.75) is 6.92 Å². The van der Waals surface area contributed by atoms with Crippen molar-refractivity contribution in [1.82, 2.24) is 0 Å². The maximum atomic E-state index is 11.8. The number of ether oxygens (including phenoxy) is 1. The Hall–Kier alpha value is -1.13. The molecule has 0 radical (unpaired) electrons. The maximum absolute atomic E-state index is 11.8. The first-order valence-corrected chi connectivity index (χ1v) is 3.88. The molecule has 0 fully saturated rings. The third kappa shape index (κ3) is 3.87. The fourth-order valence-electron chi connectivity index (χ4n) is 0.825. The summed E-state index contributed by atoms with van der Waals surface area (Å²) in [6.45, 7) is -4.18. The predicted molar refractivity (Wildman–Crippen MR) is 45.8 cm³/mol. The molecule has 0 aliphatic heterocycles. The van der Waals surface area contributed by atoms with Crippen molar-refractivity contribution in [2.24, 2.45) is 0 Å². The number of halogens is 3. The van der Waals surface area contributed by atoms with Crippen LogP contribution < -0.4 is 4.74 Å². The SMILES string of the molecule is Cc1ccc(OC[B-](F)(F)F)cc1. The highest BCUT2D eigenvalue weighted by Crippen LogP contribution is 2.15. The molecule has 0 amide bonds. The zero-order chi connectivity index (χ0) is 9.90. The van der Waals surface area contributed by atoms with E-state index in [1.165, 1.54) is 12.1 Å². The van der Waals surface area contributed by atoms with Crippen molar-refractivity contribution in [3.05, 3.63) is 29.8 Å². The Morgan fingerprint density at radius 3 is 2.15 bits per heavy atom. The molecule has 0 aromatic heterocycles. The van der Waals surface area contributed by atoms with E-state index in [1.807, 2.05) is 6.92 Å². The van der Waals surface area contributed by atoms with E-state index >= 15 is 0 Å². The highest BCUT2D eigenvalue weighted by molar-refractivity contribution is 6.58. The van der Waals surface area contributed by atoms with Gasteiger partial charge < -0.3 is 17.7 Å². The van der Waals surface area contributed by atoms with Gasteiger partial charge in [0.05, 0.1) is 6.51 Å². The van der Waals surface area contributed by atoms with Gasteiger partial charge >= 0.3 is 6.98 Å². The summed E-state index contributed by atoms with van der Waals surface area (Å²) in [6.07, 6.45) is 0. The zero-order valence-electron chi connectivity index (χ0n) is 7.14. The van der Waals surface area contributed by atoms with Crippen LogP contribution >= 0.6 is 0 Å². The minimum absolute atomic E-state index is 0.254. The lowest BCUT2D eigenvalue weighted by Crippen LogP contribution is -2.26. The predicted octanol–water partition coefficient (Wildman–Crippen LogP) is 2.76. The average Bonchev–Trinajstić information content (AvgIpc) is 2.02. The van der Waals surface area contributed by atoms with Gasteiger partial charge in [-0.1, -0.05) is 17.7 Å². The van der Waals surface area contributed by atoms with Crippen LogP contribution in [0.25, 0.3) is 0 Å². The molecule has 13 heavy (non-hydrogen) atoms. The Morgan fingerprint density at radius 2 is 1.69 bits per heavy atom. The summed E-state index contributed by atoms with van der Waals surface area (Å²) in [5, 5.41) is 0. The molecule has 0 atom stereocenters. The summed E-state index contributed by atoms with van der Waals surface area (Å²) in [5.74, 6) is 0.254. The molecule has 1 nitrogen and oxygen atoms in total. The number of rotatable bonds is 3. The minimum Gasteiger partial charge on any atom is -0.522 e. The molecule has 1 aromatic rings. The number of aryl methyl sites for hydroxylation is 1. The molecule has 0 heterocycles. The van der Waals surface area contributed by atoms with Crippen molar-refractivity contribution in [3.8, 4) is 5.75 Å². The number of hydrogen-bond acceptors (Lipinski definition) is 1. The first-order valence-electron chi connectivity index (χ1n) is 3.88. The molecule has 0 spiro atoms. The molecule has 1 rings (SSSR count). The van der Waals surface area contributed by atoms with Gasteiger partial charge in [-0.05, 0) is 19.1 Å². The molecule has 5 heteroatoms. The Balaban J connectivity index is 2.51. The first kappa shape index (κ1) is 9.96. The van der Waals surface area contributed by atoms with Crippen molar-refractivity contribution in [3.63, 3.8) is 0 Å². The molecular formula is C8H9BF3O-. The highest BCUT2D eigenvalue weighted by atomic mass is 19.4. The van der Waals surface area contributed by atoms with Gasteiger partial charge in [0, 0.05) is 0 Å². The van der Waals surface area contributed by atoms with Crippen molar-refractivity contribution in [2.75, 3.05) is 6.51 Å². The van der Waals surface area contributed by atoms with Gasteiger partial charge in [-0.15, -0.1) is 0 Å². The Bertz CT molecular complexity index is 268. The normalized spacial score (nSPS) is 11.4. The summed E-state index contributed by atoms with van der Waals surface area (Å²) in [6, 6.07) is 6.46. The summed E-state index contributed by atoms with van der Waals surface area (Å²) >= 11 is 0. The van der Waals surface area contributed by atoms with E-state index in [0.717, 1.165) is 5.56 Å². The molecule has 0 saturated heterocycles. The monoisotopic (exact) mass is 189 g/mol. The molecule has 72 valence electrons.